The Balaban J connectivity index is 2.64. The summed E-state index contributed by atoms with van der Waals surface area (Å²) in [5.74, 6) is 0. The highest BCUT2D eigenvalue weighted by Crippen LogP contribution is 2.31. The van der Waals surface area contributed by atoms with Crippen molar-refractivity contribution >= 4 is 37.5 Å². The van der Waals surface area contributed by atoms with Crippen molar-refractivity contribution in [3.05, 3.63) is 39.8 Å². The van der Waals surface area contributed by atoms with Crippen LogP contribution in [0, 0.1) is 0 Å². The molecular weight excluding hydrogens is 310 g/mol. The normalized spacial score (nSPS) is 10.4. The van der Waals surface area contributed by atoms with Crippen molar-refractivity contribution in [2.45, 2.75) is 0 Å². The smallest absolute Gasteiger partial charge is 0.0992 e. The lowest BCUT2D eigenvalue weighted by atomic mass is 10.3. The minimum Gasteiger partial charge on any atom is -0.399 e. The topological polar surface area (TPSA) is 43.8 Å². The average Bonchev–Trinajstić information content (AvgIpc) is 2.54. The maximum atomic E-state index is 5.70. The van der Waals surface area contributed by atoms with Crippen LogP contribution in [0.25, 0.3) is 5.69 Å². The molecule has 1 aromatic heterocycles. The van der Waals surface area contributed by atoms with E-state index < -0.39 is 0 Å². The van der Waals surface area contributed by atoms with Gasteiger partial charge in [-0.1, -0.05) is 0 Å². The molecule has 0 saturated carbocycles. The van der Waals surface area contributed by atoms with Gasteiger partial charge in [-0.15, -0.1) is 0 Å². The van der Waals surface area contributed by atoms with Crippen LogP contribution in [0.4, 0.5) is 5.69 Å². The fourth-order valence-electron chi connectivity index (χ4n) is 1.22. The van der Waals surface area contributed by atoms with Crippen molar-refractivity contribution in [3.63, 3.8) is 0 Å². The molecule has 5 heteroatoms. The molecule has 0 saturated heterocycles. The molecule has 0 unspecified atom stereocenters. The van der Waals surface area contributed by atoms with E-state index in [2.05, 4.69) is 36.8 Å². The number of rotatable bonds is 1. The Morgan fingerprint density at radius 2 is 1.86 bits per heavy atom. The highest BCUT2D eigenvalue weighted by molar-refractivity contribution is 9.11. The minimum atomic E-state index is 0.715. The van der Waals surface area contributed by atoms with E-state index in [0.717, 1.165) is 14.6 Å². The fourth-order valence-corrected chi connectivity index (χ4v) is 2.85. The summed E-state index contributed by atoms with van der Waals surface area (Å²) < 4.78 is 3.78. The molecule has 0 aliphatic rings. The van der Waals surface area contributed by atoms with Gasteiger partial charge in [-0.25, -0.2) is 4.98 Å². The molecule has 0 amide bonds. The van der Waals surface area contributed by atoms with Gasteiger partial charge < -0.3 is 10.3 Å². The van der Waals surface area contributed by atoms with Gasteiger partial charge in [0.2, 0.25) is 0 Å². The van der Waals surface area contributed by atoms with Crippen LogP contribution in [0.15, 0.2) is 39.8 Å². The quantitative estimate of drug-likeness (QED) is 0.822. The van der Waals surface area contributed by atoms with Crippen molar-refractivity contribution in [1.29, 1.82) is 0 Å². The van der Waals surface area contributed by atoms with Crippen molar-refractivity contribution < 1.29 is 0 Å². The molecule has 0 atom stereocenters. The Bertz CT molecular complexity index is 428. The summed E-state index contributed by atoms with van der Waals surface area (Å²) in [7, 11) is 0. The zero-order valence-corrected chi connectivity index (χ0v) is 10.3. The monoisotopic (exact) mass is 315 g/mol. The molecule has 1 heterocycles. The van der Waals surface area contributed by atoms with E-state index in [1.807, 2.05) is 22.9 Å². The zero-order chi connectivity index (χ0) is 10.1. The summed E-state index contributed by atoms with van der Waals surface area (Å²) >= 11 is 6.92. The van der Waals surface area contributed by atoms with Crippen molar-refractivity contribution in [1.82, 2.24) is 9.55 Å². The molecule has 0 fully saturated rings. The van der Waals surface area contributed by atoms with Crippen LogP contribution < -0.4 is 5.73 Å². The highest BCUT2D eigenvalue weighted by atomic mass is 79.9. The maximum Gasteiger partial charge on any atom is 0.0992 e. The number of aromatic nitrogens is 2. The van der Waals surface area contributed by atoms with Crippen LogP contribution in [0.5, 0.6) is 0 Å². The molecule has 0 radical (unpaired) electrons. The Labute approximate surface area is 98.2 Å². The first kappa shape index (κ1) is 9.73. The molecule has 2 aromatic rings. The summed E-state index contributed by atoms with van der Waals surface area (Å²) in [4.78, 5) is 3.99. The van der Waals surface area contributed by atoms with E-state index in [1.54, 1.807) is 12.5 Å². The summed E-state index contributed by atoms with van der Waals surface area (Å²) in [6, 6.07) is 3.72. The standard InChI is InChI=1S/C9H7Br2N3/c10-7-3-6(12)4-8(11)9(7)14-2-1-13-5-14/h1-5H,12H2. The molecule has 0 bridgehead atoms. The van der Waals surface area contributed by atoms with Crippen LogP contribution in [-0.2, 0) is 0 Å². The molecule has 2 N–H and O–H groups in total. The lowest BCUT2D eigenvalue weighted by Gasteiger charge is -2.08. The molecule has 0 aliphatic heterocycles. The number of anilines is 1. The van der Waals surface area contributed by atoms with Crippen molar-refractivity contribution in [3.8, 4) is 5.69 Å². The number of benzene rings is 1. The summed E-state index contributed by atoms with van der Waals surface area (Å²) in [5, 5.41) is 0. The summed E-state index contributed by atoms with van der Waals surface area (Å²) in [5.41, 5.74) is 7.41. The molecule has 2 rings (SSSR count). The number of halogens is 2. The number of hydrogen-bond acceptors (Lipinski definition) is 2. The van der Waals surface area contributed by atoms with Crippen LogP contribution in [0.1, 0.15) is 0 Å². The summed E-state index contributed by atoms with van der Waals surface area (Å²) in [6.45, 7) is 0. The number of nitrogens with zero attached hydrogens (tertiary/aromatic N) is 2. The van der Waals surface area contributed by atoms with E-state index in [0.29, 0.717) is 5.69 Å². The van der Waals surface area contributed by atoms with Crippen LogP contribution >= 0.6 is 31.9 Å². The van der Waals surface area contributed by atoms with Crippen LogP contribution in [0.3, 0.4) is 0 Å². The maximum absolute atomic E-state index is 5.70. The van der Waals surface area contributed by atoms with Crippen LogP contribution in [-0.4, -0.2) is 9.55 Å². The van der Waals surface area contributed by atoms with E-state index in [4.69, 9.17) is 5.73 Å². The molecular formula is C9H7Br2N3. The SMILES string of the molecule is Nc1cc(Br)c(-n2ccnc2)c(Br)c1. The number of hydrogen-bond donors (Lipinski definition) is 1. The minimum absolute atomic E-state index is 0.715. The Morgan fingerprint density at radius 3 is 2.36 bits per heavy atom. The van der Waals surface area contributed by atoms with Gasteiger partial charge in [-0.3, -0.25) is 0 Å². The van der Waals surface area contributed by atoms with Gasteiger partial charge in [-0.2, -0.15) is 0 Å². The first-order valence-electron chi connectivity index (χ1n) is 3.91. The van der Waals surface area contributed by atoms with Crippen LogP contribution in [0.2, 0.25) is 0 Å². The third-order valence-electron chi connectivity index (χ3n) is 1.80. The zero-order valence-electron chi connectivity index (χ0n) is 7.11. The van der Waals surface area contributed by atoms with Gasteiger partial charge in [0.25, 0.3) is 0 Å². The molecule has 1 aromatic carbocycles. The van der Waals surface area contributed by atoms with E-state index in [9.17, 15) is 0 Å². The Hall–Kier alpha value is -0.810. The summed E-state index contributed by atoms with van der Waals surface area (Å²) in [6.07, 6.45) is 5.34. The highest BCUT2D eigenvalue weighted by Gasteiger charge is 2.07. The van der Waals surface area contributed by atoms with Gasteiger partial charge >= 0.3 is 0 Å². The average molecular weight is 317 g/mol. The Morgan fingerprint density at radius 1 is 1.21 bits per heavy atom. The van der Waals surface area contributed by atoms with Crippen molar-refractivity contribution in [2.75, 3.05) is 5.73 Å². The fraction of sp³-hybridized carbons (Fsp3) is 0. The van der Waals surface area contributed by atoms with Crippen molar-refractivity contribution in [2.24, 2.45) is 0 Å². The van der Waals surface area contributed by atoms with Gasteiger partial charge in [0, 0.05) is 27.0 Å². The molecule has 72 valence electrons. The Kier molecular flexibility index (Phi) is 2.60. The molecule has 0 aliphatic carbocycles. The second-order valence-corrected chi connectivity index (χ2v) is 4.51. The predicted octanol–water partition coefficient (Wildman–Crippen LogP) is 2.98. The molecule has 0 spiro atoms. The predicted molar refractivity (Wildman–Crippen MR) is 63.4 cm³/mol. The van der Waals surface area contributed by atoms with Gasteiger partial charge in [-0.05, 0) is 44.0 Å². The number of nitrogens with two attached hydrogens (primary N) is 1. The number of nitrogen functional groups attached to an aromatic ring is 1. The van der Waals surface area contributed by atoms with E-state index in [-0.39, 0.29) is 0 Å². The second kappa shape index (κ2) is 3.74. The largest absolute Gasteiger partial charge is 0.399 e. The molecule has 14 heavy (non-hydrogen) atoms. The van der Waals surface area contributed by atoms with E-state index >= 15 is 0 Å². The first-order valence-corrected chi connectivity index (χ1v) is 5.50. The van der Waals surface area contributed by atoms with Gasteiger partial charge in [0.15, 0.2) is 0 Å². The lowest BCUT2D eigenvalue weighted by Crippen LogP contribution is -1.95. The van der Waals surface area contributed by atoms with Gasteiger partial charge in [0.1, 0.15) is 0 Å². The molecule has 3 nitrogen and oxygen atoms in total. The first-order chi connectivity index (χ1) is 6.68. The lowest BCUT2D eigenvalue weighted by molar-refractivity contribution is 1.04. The number of imidazole rings is 1. The third-order valence-corrected chi connectivity index (χ3v) is 3.01. The van der Waals surface area contributed by atoms with E-state index in [1.165, 1.54) is 0 Å². The second-order valence-electron chi connectivity index (χ2n) is 2.80. The van der Waals surface area contributed by atoms with Gasteiger partial charge in [0.05, 0.1) is 12.0 Å². The third kappa shape index (κ3) is 1.69.